The van der Waals surface area contributed by atoms with Gasteiger partial charge in [0.05, 0.1) is 4.47 Å². The van der Waals surface area contributed by atoms with Crippen LogP contribution in [0.1, 0.15) is 16.7 Å². The lowest BCUT2D eigenvalue weighted by molar-refractivity contribution is -0.149. The van der Waals surface area contributed by atoms with E-state index in [4.69, 9.17) is 9.47 Å². The smallest absolute Gasteiger partial charge is 0.344 e. The second-order valence-corrected chi connectivity index (χ2v) is 6.53. The van der Waals surface area contributed by atoms with Gasteiger partial charge in [0, 0.05) is 5.69 Å². The van der Waals surface area contributed by atoms with E-state index in [1.165, 1.54) is 0 Å². The summed E-state index contributed by atoms with van der Waals surface area (Å²) in [5, 5.41) is 2.73. The molecule has 2 aromatic rings. The zero-order valence-electron chi connectivity index (χ0n) is 14.4. The van der Waals surface area contributed by atoms with Gasteiger partial charge in [-0.1, -0.05) is 18.2 Å². The summed E-state index contributed by atoms with van der Waals surface area (Å²) in [7, 11) is 0. The van der Waals surface area contributed by atoms with Gasteiger partial charge in [0.1, 0.15) is 5.75 Å². The average Bonchev–Trinajstić information content (AvgIpc) is 2.56. The van der Waals surface area contributed by atoms with Crippen molar-refractivity contribution in [3.8, 4) is 5.75 Å². The van der Waals surface area contributed by atoms with Crippen LogP contribution in [0.3, 0.4) is 0 Å². The Morgan fingerprint density at radius 1 is 1.08 bits per heavy atom. The number of halogens is 1. The number of hydrogen-bond acceptors (Lipinski definition) is 4. The summed E-state index contributed by atoms with van der Waals surface area (Å²) < 4.78 is 11.1. The molecule has 0 saturated heterocycles. The summed E-state index contributed by atoms with van der Waals surface area (Å²) in [6, 6.07) is 11.2. The number of anilines is 1. The molecule has 0 aliphatic rings. The molecule has 1 N–H and O–H groups in total. The number of benzene rings is 2. The highest BCUT2D eigenvalue weighted by atomic mass is 79.9. The van der Waals surface area contributed by atoms with E-state index in [0.29, 0.717) is 11.4 Å². The van der Waals surface area contributed by atoms with Crippen molar-refractivity contribution in [2.24, 2.45) is 0 Å². The number of carbonyl (C=O) groups is 2. The van der Waals surface area contributed by atoms with Crippen molar-refractivity contribution in [3.05, 3.63) is 57.6 Å². The van der Waals surface area contributed by atoms with E-state index < -0.39 is 11.9 Å². The van der Waals surface area contributed by atoms with Crippen molar-refractivity contribution in [3.63, 3.8) is 0 Å². The molecule has 0 spiro atoms. The fourth-order valence-corrected chi connectivity index (χ4v) is 2.73. The van der Waals surface area contributed by atoms with Crippen LogP contribution in [0.5, 0.6) is 5.75 Å². The molecule has 0 bridgehead atoms. The molecule has 2 aromatic carbocycles. The highest BCUT2D eigenvalue weighted by Crippen LogP contribution is 2.25. The molecule has 1 amide bonds. The normalized spacial score (nSPS) is 10.2. The lowest BCUT2D eigenvalue weighted by Crippen LogP contribution is -2.24. The Morgan fingerprint density at radius 3 is 2.56 bits per heavy atom. The van der Waals surface area contributed by atoms with Gasteiger partial charge in [-0.3, -0.25) is 4.79 Å². The van der Waals surface area contributed by atoms with Crippen molar-refractivity contribution in [2.75, 3.05) is 18.5 Å². The van der Waals surface area contributed by atoms with Gasteiger partial charge in [0.2, 0.25) is 0 Å². The van der Waals surface area contributed by atoms with Crippen LogP contribution >= 0.6 is 15.9 Å². The SMILES string of the molecule is Cc1ccc(OCC(=O)OCC(=O)Nc2cccc(C)c2C)c(Br)c1. The molecule has 0 aliphatic heterocycles. The zero-order chi connectivity index (χ0) is 18.4. The third kappa shape index (κ3) is 5.60. The van der Waals surface area contributed by atoms with Crippen molar-refractivity contribution in [1.82, 2.24) is 0 Å². The predicted molar refractivity (Wildman–Crippen MR) is 99.9 cm³/mol. The number of rotatable bonds is 6. The van der Waals surface area contributed by atoms with Crippen molar-refractivity contribution >= 4 is 33.5 Å². The summed E-state index contributed by atoms with van der Waals surface area (Å²) in [5.41, 5.74) is 3.84. The Morgan fingerprint density at radius 2 is 1.84 bits per heavy atom. The van der Waals surface area contributed by atoms with Gasteiger partial charge in [0.15, 0.2) is 13.2 Å². The molecule has 132 valence electrons. The average molecular weight is 406 g/mol. The molecule has 25 heavy (non-hydrogen) atoms. The van der Waals surface area contributed by atoms with Gasteiger partial charge in [-0.25, -0.2) is 4.79 Å². The molecule has 0 aromatic heterocycles. The molecule has 0 radical (unpaired) electrons. The van der Waals surface area contributed by atoms with Crippen molar-refractivity contribution < 1.29 is 19.1 Å². The van der Waals surface area contributed by atoms with Crippen LogP contribution in [0.2, 0.25) is 0 Å². The summed E-state index contributed by atoms with van der Waals surface area (Å²) >= 11 is 3.37. The molecule has 0 atom stereocenters. The molecule has 0 heterocycles. The Labute approximate surface area is 155 Å². The highest BCUT2D eigenvalue weighted by Gasteiger charge is 2.11. The van der Waals surface area contributed by atoms with Gasteiger partial charge in [-0.2, -0.15) is 0 Å². The summed E-state index contributed by atoms with van der Waals surface area (Å²) in [6.45, 7) is 5.22. The molecule has 2 rings (SSSR count). The Balaban J connectivity index is 1.79. The van der Waals surface area contributed by atoms with E-state index in [9.17, 15) is 9.59 Å². The molecular formula is C19H20BrNO4. The van der Waals surface area contributed by atoms with Crippen LogP contribution in [0.4, 0.5) is 5.69 Å². The molecule has 6 heteroatoms. The van der Waals surface area contributed by atoms with E-state index in [2.05, 4.69) is 21.2 Å². The lowest BCUT2D eigenvalue weighted by Gasteiger charge is -2.11. The van der Waals surface area contributed by atoms with Gasteiger partial charge in [-0.05, 0) is 71.6 Å². The fourth-order valence-electron chi connectivity index (χ4n) is 2.12. The molecule has 5 nitrogen and oxygen atoms in total. The topological polar surface area (TPSA) is 64.6 Å². The second-order valence-electron chi connectivity index (χ2n) is 5.68. The van der Waals surface area contributed by atoms with E-state index in [1.807, 2.05) is 45.0 Å². The largest absolute Gasteiger partial charge is 0.481 e. The zero-order valence-corrected chi connectivity index (χ0v) is 16.0. The minimum absolute atomic E-state index is 0.265. The number of hydrogen-bond donors (Lipinski definition) is 1. The second kappa shape index (κ2) is 8.67. The summed E-state index contributed by atoms with van der Waals surface area (Å²) in [5.74, 6) is -0.454. The van der Waals surface area contributed by atoms with Crippen LogP contribution in [-0.4, -0.2) is 25.1 Å². The fraction of sp³-hybridized carbons (Fsp3) is 0.263. The monoisotopic (exact) mass is 405 g/mol. The number of carbonyl (C=O) groups excluding carboxylic acids is 2. The van der Waals surface area contributed by atoms with Gasteiger partial charge in [0.25, 0.3) is 5.91 Å². The van der Waals surface area contributed by atoms with Gasteiger partial charge < -0.3 is 14.8 Å². The minimum Gasteiger partial charge on any atom is -0.481 e. The Kier molecular flexibility index (Phi) is 6.58. The third-order valence-electron chi connectivity index (χ3n) is 3.68. The standard InChI is InChI=1S/C19H20BrNO4/c1-12-7-8-17(15(20)9-12)24-11-19(23)25-10-18(22)21-16-6-4-5-13(2)14(16)3/h4-9H,10-11H2,1-3H3,(H,21,22). The van der Waals surface area contributed by atoms with Crippen LogP contribution in [0.15, 0.2) is 40.9 Å². The van der Waals surface area contributed by atoms with E-state index >= 15 is 0 Å². The van der Waals surface area contributed by atoms with E-state index in [0.717, 1.165) is 21.2 Å². The van der Waals surface area contributed by atoms with Gasteiger partial charge >= 0.3 is 5.97 Å². The van der Waals surface area contributed by atoms with Crippen molar-refractivity contribution in [1.29, 1.82) is 0 Å². The number of nitrogens with one attached hydrogen (secondary N) is 1. The van der Waals surface area contributed by atoms with Crippen molar-refractivity contribution in [2.45, 2.75) is 20.8 Å². The Hall–Kier alpha value is -2.34. The van der Waals surface area contributed by atoms with E-state index in [-0.39, 0.29) is 13.2 Å². The highest BCUT2D eigenvalue weighted by molar-refractivity contribution is 9.10. The first kappa shape index (κ1) is 19.0. The molecule has 0 fully saturated rings. The lowest BCUT2D eigenvalue weighted by atomic mass is 10.1. The third-order valence-corrected chi connectivity index (χ3v) is 4.30. The molecular weight excluding hydrogens is 386 g/mol. The number of ether oxygens (including phenoxy) is 2. The quantitative estimate of drug-likeness (QED) is 0.739. The van der Waals surface area contributed by atoms with Crippen LogP contribution in [-0.2, 0) is 14.3 Å². The predicted octanol–water partition coefficient (Wildman–Crippen LogP) is 3.94. The summed E-state index contributed by atoms with van der Waals surface area (Å²) in [6.07, 6.45) is 0. The molecule has 0 saturated carbocycles. The van der Waals surface area contributed by atoms with Crippen LogP contribution < -0.4 is 10.1 Å². The van der Waals surface area contributed by atoms with E-state index in [1.54, 1.807) is 12.1 Å². The maximum Gasteiger partial charge on any atom is 0.344 e. The summed E-state index contributed by atoms with van der Waals surface area (Å²) in [4.78, 5) is 23.6. The van der Waals surface area contributed by atoms with Crippen LogP contribution in [0.25, 0.3) is 0 Å². The Bertz CT molecular complexity index is 789. The maximum absolute atomic E-state index is 11.9. The van der Waals surface area contributed by atoms with Gasteiger partial charge in [-0.15, -0.1) is 0 Å². The minimum atomic E-state index is -0.608. The number of aryl methyl sites for hydroxylation is 2. The number of amides is 1. The first-order valence-electron chi connectivity index (χ1n) is 7.77. The molecule has 0 aliphatic carbocycles. The maximum atomic E-state index is 11.9. The van der Waals surface area contributed by atoms with Crippen LogP contribution in [0, 0.1) is 20.8 Å². The number of esters is 1. The first-order chi connectivity index (χ1) is 11.9. The first-order valence-corrected chi connectivity index (χ1v) is 8.56. The molecule has 0 unspecified atom stereocenters.